The summed E-state index contributed by atoms with van der Waals surface area (Å²) in [7, 11) is 0. The Morgan fingerprint density at radius 3 is 2.41 bits per heavy atom. The number of nitrogens with one attached hydrogen (secondary N) is 1. The highest BCUT2D eigenvalue weighted by atomic mass is 32.1. The molecule has 2 aromatic carbocycles. The predicted molar refractivity (Wildman–Crippen MR) is 103 cm³/mol. The molecule has 0 saturated carbocycles. The second-order valence-corrected chi connectivity index (χ2v) is 6.84. The van der Waals surface area contributed by atoms with Gasteiger partial charge in [-0.2, -0.15) is 8.78 Å². The lowest BCUT2D eigenvalue weighted by molar-refractivity contribution is -0.0498. The number of carbonyl (C=O) groups excluding carboxylic acids is 1. The number of benzene rings is 2. The predicted octanol–water partition coefficient (Wildman–Crippen LogP) is 5.53. The largest absolute Gasteiger partial charge is 0.435 e. The van der Waals surface area contributed by atoms with E-state index in [0.717, 1.165) is 17.0 Å². The number of rotatable bonds is 6. The van der Waals surface area contributed by atoms with Gasteiger partial charge in [-0.15, -0.1) is 11.3 Å². The van der Waals surface area contributed by atoms with E-state index in [4.69, 9.17) is 0 Å². The molecule has 3 rings (SSSR count). The lowest BCUT2D eigenvalue weighted by atomic mass is 10.1. The Labute approximate surface area is 159 Å². The summed E-state index contributed by atoms with van der Waals surface area (Å²) >= 11 is 1.32. The zero-order chi connectivity index (χ0) is 19.4. The lowest BCUT2D eigenvalue weighted by Crippen LogP contribution is -2.11. The number of hydrogen-bond donors (Lipinski definition) is 1. The maximum atomic E-state index is 12.6. The number of amides is 1. The van der Waals surface area contributed by atoms with E-state index in [1.807, 2.05) is 12.1 Å². The Morgan fingerprint density at radius 1 is 1.15 bits per heavy atom. The number of hydrogen-bond acceptors (Lipinski definition) is 4. The van der Waals surface area contributed by atoms with Gasteiger partial charge < -0.3 is 10.1 Å². The first-order valence-electron chi connectivity index (χ1n) is 8.39. The molecule has 0 saturated heterocycles. The lowest BCUT2D eigenvalue weighted by Gasteiger charge is -2.07. The number of aromatic nitrogens is 1. The minimum Gasteiger partial charge on any atom is -0.435 e. The minimum atomic E-state index is -2.88. The molecule has 0 spiro atoms. The van der Waals surface area contributed by atoms with Crippen LogP contribution in [0.3, 0.4) is 0 Å². The third-order valence-corrected chi connectivity index (χ3v) is 5.15. The van der Waals surface area contributed by atoms with E-state index in [1.165, 1.54) is 41.2 Å². The molecule has 27 heavy (non-hydrogen) atoms. The highest BCUT2D eigenvalue weighted by Crippen LogP contribution is 2.29. The molecular weight excluding hydrogens is 370 g/mol. The van der Waals surface area contributed by atoms with Crippen molar-refractivity contribution in [2.24, 2.45) is 0 Å². The summed E-state index contributed by atoms with van der Waals surface area (Å²) in [6.07, 6.45) is 0.964. The van der Waals surface area contributed by atoms with Gasteiger partial charge in [0.1, 0.15) is 15.6 Å². The van der Waals surface area contributed by atoms with Crippen LogP contribution in [0.1, 0.15) is 27.9 Å². The molecule has 0 unspecified atom stereocenters. The summed E-state index contributed by atoms with van der Waals surface area (Å²) in [5.41, 5.74) is 3.34. The second-order valence-electron chi connectivity index (χ2n) is 5.84. The molecule has 0 aliphatic rings. The summed E-state index contributed by atoms with van der Waals surface area (Å²) in [5.74, 6) is -0.251. The molecule has 1 amide bonds. The Kier molecular flexibility index (Phi) is 5.81. The molecule has 4 nitrogen and oxygen atoms in total. The monoisotopic (exact) mass is 388 g/mol. The number of anilines is 1. The van der Waals surface area contributed by atoms with Crippen molar-refractivity contribution in [3.8, 4) is 16.3 Å². The van der Waals surface area contributed by atoms with Crippen molar-refractivity contribution in [1.29, 1.82) is 0 Å². The van der Waals surface area contributed by atoms with Crippen molar-refractivity contribution >= 4 is 22.9 Å². The van der Waals surface area contributed by atoms with E-state index >= 15 is 0 Å². The molecule has 0 fully saturated rings. The van der Waals surface area contributed by atoms with Crippen molar-refractivity contribution in [2.45, 2.75) is 26.9 Å². The van der Waals surface area contributed by atoms with Crippen LogP contribution < -0.4 is 10.1 Å². The third kappa shape index (κ3) is 4.68. The van der Waals surface area contributed by atoms with Gasteiger partial charge in [-0.1, -0.05) is 31.2 Å². The Morgan fingerprint density at radius 2 is 1.81 bits per heavy atom. The van der Waals surface area contributed by atoms with Gasteiger partial charge in [0.2, 0.25) is 0 Å². The average molecular weight is 388 g/mol. The number of ether oxygens (including phenoxy) is 1. The minimum absolute atomic E-state index is 0.0368. The van der Waals surface area contributed by atoms with Crippen molar-refractivity contribution in [2.75, 3.05) is 5.32 Å². The SMILES string of the molecule is CCc1ccc(-c2nc(C)c(C(=O)Nc3ccc(OC(F)F)cc3)s2)cc1. The van der Waals surface area contributed by atoms with Crippen LogP contribution in [0.4, 0.5) is 14.5 Å². The molecule has 7 heteroatoms. The number of carbonyl (C=O) groups is 1. The van der Waals surface area contributed by atoms with Gasteiger partial charge in [-0.3, -0.25) is 4.79 Å². The fourth-order valence-corrected chi connectivity index (χ4v) is 3.49. The van der Waals surface area contributed by atoms with Gasteiger partial charge in [0, 0.05) is 11.3 Å². The molecule has 140 valence electrons. The second kappa shape index (κ2) is 8.26. The molecule has 0 atom stereocenters. The normalized spacial score (nSPS) is 10.9. The Bertz CT molecular complexity index is 922. The summed E-state index contributed by atoms with van der Waals surface area (Å²) in [4.78, 5) is 17.6. The van der Waals surface area contributed by atoms with Gasteiger partial charge in [-0.05, 0) is 43.2 Å². The van der Waals surface area contributed by atoms with Crippen molar-refractivity contribution in [3.63, 3.8) is 0 Å². The van der Waals surface area contributed by atoms with Crippen LogP contribution in [-0.4, -0.2) is 17.5 Å². The van der Waals surface area contributed by atoms with Crippen molar-refractivity contribution in [3.05, 3.63) is 64.7 Å². The van der Waals surface area contributed by atoms with Gasteiger partial charge in [0.25, 0.3) is 5.91 Å². The van der Waals surface area contributed by atoms with Crippen LogP contribution in [0, 0.1) is 6.92 Å². The first-order chi connectivity index (χ1) is 13.0. The quantitative estimate of drug-likeness (QED) is 0.604. The van der Waals surface area contributed by atoms with E-state index < -0.39 is 6.61 Å². The van der Waals surface area contributed by atoms with Gasteiger partial charge in [-0.25, -0.2) is 4.98 Å². The van der Waals surface area contributed by atoms with Gasteiger partial charge in [0.05, 0.1) is 5.69 Å². The van der Waals surface area contributed by atoms with Crippen LogP contribution in [0.15, 0.2) is 48.5 Å². The maximum Gasteiger partial charge on any atom is 0.387 e. The average Bonchev–Trinajstić information content (AvgIpc) is 3.05. The van der Waals surface area contributed by atoms with E-state index in [9.17, 15) is 13.6 Å². The molecule has 1 aromatic heterocycles. The number of thiazole rings is 1. The van der Waals surface area contributed by atoms with E-state index in [2.05, 4.69) is 34.1 Å². The number of aryl methyl sites for hydroxylation is 2. The first kappa shape index (κ1) is 19.0. The smallest absolute Gasteiger partial charge is 0.387 e. The first-order valence-corrected chi connectivity index (χ1v) is 9.21. The molecule has 3 aromatic rings. The highest BCUT2D eigenvalue weighted by Gasteiger charge is 2.16. The summed E-state index contributed by atoms with van der Waals surface area (Å²) in [6, 6.07) is 13.9. The zero-order valence-corrected chi connectivity index (χ0v) is 15.6. The van der Waals surface area contributed by atoms with Crippen molar-refractivity contribution < 1.29 is 18.3 Å². The van der Waals surface area contributed by atoms with Gasteiger partial charge in [0.15, 0.2) is 0 Å². The topological polar surface area (TPSA) is 51.2 Å². The molecule has 1 heterocycles. The molecule has 1 N–H and O–H groups in total. The van der Waals surface area contributed by atoms with E-state index in [1.54, 1.807) is 6.92 Å². The third-order valence-electron chi connectivity index (χ3n) is 3.95. The highest BCUT2D eigenvalue weighted by molar-refractivity contribution is 7.17. The Balaban J connectivity index is 1.74. The molecule has 0 aliphatic heterocycles. The van der Waals surface area contributed by atoms with Crippen LogP contribution in [0.5, 0.6) is 5.75 Å². The summed E-state index contributed by atoms with van der Waals surface area (Å²) in [6.45, 7) is 1.00. The molecule has 0 bridgehead atoms. The zero-order valence-electron chi connectivity index (χ0n) is 14.8. The molecular formula is C20H18F2N2O2S. The van der Waals surface area contributed by atoms with Crippen LogP contribution in [-0.2, 0) is 6.42 Å². The summed E-state index contributed by atoms with van der Waals surface area (Å²) < 4.78 is 28.7. The number of alkyl halides is 2. The molecule has 0 aliphatic carbocycles. The summed E-state index contributed by atoms with van der Waals surface area (Å²) in [5, 5.41) is 3.53. The number of nitrogens with zero attached hydrogens (tertiary/aromatic N) is 1. The number of halogens is 2. The fraction of sp³-hybridized carbons (Fsp3) is 0.200. The van der Waals surface area contributed by atoms with E-state index in [0.29, 0.717) is 16.3 Å². The standard InChI is InChI=1S/C20H18F2N2O2S/c1-3-13-4-6-14(7-5-13)19-23-12(2)17(27-19)18(25)24-15-8-10-16(11-9-15)26-20(21)22/h4-11,20H,3H2,1-2H3,(H,24,25). The van der Waals surface area contributed by atoms with Crippen LogP contribution in [0.25, 0.3) is 10.6 Å². The molecule has 0 radical (unpaired) electrons. The van der Waals surface area contributed by atoms with Crippen LogP contribution >= 0.6 is 11.3 Å². The van der Waals surface area contributed by atoms with E-state index in [-0.39, 0.29) is 11.7 Å². The van der Waals surface area contributed by atoms with Crippen molar-refractivity contribution in [1.82, 2.24) is 4.98 Å². The Hall–Kier alpha value is -2.80. The fourth-order valence-electron chi connectivity index (χ4n) is 2.52. The van der Waals surface area contributed by atoms with Crippen LogP contribution in [0.2, 0.25) is 0 Å². The van der Waals surface area contributed by atoms with Gasteiger partial charge >= 0.3 is 6.61 Å². The maximum absolute atomic E-state index is 12.6.